The van der Waals surface area contributed by atoms with Crippen LogP contribution < -0.4 is 0 Å². The zero-order valence-corrected chi connectivity index (χ0v) is 20.7. The van der Waals surface area contributed by atoms with Gasteiger partial charge in [-0.1, -0.05) is 84.5 Å². The Bertz CT molecular complexity index is 452. The van der Waals surface area contributed by atoms with Crippen molar-refractivity contribution in [2.24, 2.45) is 5.92 Å². The van der Waals surface area contributed by atoms with E-state index in [1.54, 1.807) is 21.3 Å². The number of rotatable bonds is 21. The summed E-state index contributed by atoms with van der Waals surface area (Å²) in [6, 6.07) is 0. The predicted molar refractivity (Wildman–Crippen MR) is 122 cm³/mol. The van der Waals surface area contributed by atoms with Crippen LogP contribution in [0.1, 0.15) is 104 Å². The summed E-state index contributed by atoms with van der Waals surface area (Å²) < 4.78 is 41.8. The van der Waals surface area contributed by atoms with Crippen molar-refractivity contribution in [3.63, 3.8) is 0 Å². The Morgan fingerprint density at radius 3 is 1.55 bits per heavy atom. The molecule has 0 N–H and O–H groups in total. The molecule has 0 fully saturated rings. The van der Waals surface area contributed by atoms with Gasteiger partial charge in [-0.15, -0.1) is 0 Å². The summed E-state index contributed by atoms with van der Waals surface area (Å²) in [6.45, 7) is 4.40. The Morgan fingerprint density at radius 1 is 0.621 bits per heavy atom. The number of hydrogen-bond acceptors (Lipinski definition) is 5. The monoisotopic (exact) mass is 436 g/mol. The third-order valence-electron chi connectivity index (χ3n) is 5.85. The van der Waals surface area contributed by atoms with E-state index in [1.807, 2.05) is 0 Å². The van der Waals surface area contributed by atoms with Crippen molar-refractivity contribution in [2.75, 3.05) is 32.8 Å². The standard InChI is InChI=1S/C23H48O5S/c1-6-8-10-12-14-16-18-22(23(26-3,27-4)28-5)19-21-29(24,25)20-17-15-13-11-9-7-2/h22H,6-21H2,1-5H3. The van der Waals surface area contributed by atoms with Crippen LogP contribution in [0.25, 0.3) is 0 Å². The Morgan fingerprint density at radius 2 is 1.07 bits per heavy atom. The zero-order chi connectivity index (χ0) is 22.0. The van der Waals surface area contributed by atoms with Gasteiger partial charge >= 0.3 is 0 Å². The molecule has 0 aliphatic heterocycles. The van der Waals surface area contributed by atoms with Gasteiger partial charge in [0, 0.05) is 27.2 Å². The molecule has 0 amide bonds. The minimum Gasteiger partial charge on any atom is -0.331 e. The summed E-state index contributed by atoms with van der Waals surface area (Å²) in [7, 11) is 1.62. The summed E-state index contributed by atoms with van der Waals surface area (Å²) in [5.74, 6) is -0.824. The molecule has 0 bridgehead atoms. The lowest BCUT2D eigenvalue weighted by atomic mass is 9.95. The number of sulfone groups is 1. The van der Waals surface area contributed by atoms with Gasteiger partial charge in [-0.25, -0.2) is 8.42 Å². The minimum absolute atomic E-state index is 0.104. The van der Waals surface area contributed by atoms with E-state index in [4.69, 9.17) is 14.2 Å². The quantitative estimate of drug-likeness (QED) is 0.160. The van der Waals surface area contributed by atoms with Gasteiger partial charge < -0.3 is 14.2 Å². The maximum absolute atomic E-state index is 12.5. The molecule has 0 aromatic heterocycles. The first-order valence-corrected chi connectivity index (χ1v) is 13.6. The summed E-state index contributed by atoms with van der Waals surface area (Å²) in [6.07, 6.45) is 15.1. The molecule has 0 aromatic carbocycles. The first-order chi connectivity index (χ1) is 13.9. The van der Waals surface area contributed by atoms with Crippen molar-refractivity contribution in [3.8, 4) is 0 Å². The Hall–Kier alpha value is -0.170. The van der Waals surface area contributed by atoms with E-state index in [2.05, 4.69) is 13.8 Å². The molecule has 0 heterocycles. The largest absolute Gasteiger partial charge is 0.331 e. The van der Waals surface area contributed by atoms with E-state index < -0.39 is 15.8 Å². The van der Waals surface area contributed by atoms with E-state index in [1.165, 1.54) is 44.9 Å². The fraction of sp³-hybridized carbons (Fsp3) is 1.00. The summed E-state index contributed by atoms with van der Waals surface area (Å²) in [4.78, 5) is 0. The van der Waals surface area contributed by atoms with Gasteiger partial charge in [-0.2, -0.15) is 0 Å². The lowest BCUT2D eigenvalue weighted by Crippen LogP contribution is -2.44. The molecule has 0 radical (unpaired) electrons. The van der Waals surface area contributed by atoms with Crippen LogP contribution in [0.4, 0.5) is 0 Å². The molecule has 1 atom stereocenters. The second kappa shape index (κ2) is 17.5. The fourth-order valence-corrected chi connectivity index (χ4v) is 5.44. The minimum atomic E-state index is -3.06. The van der Waals surface area contributed by atoms with Gasteiger partial charge in [0.1, 0.15) is 9.84 Å². The van der Waals surface area contributed by atoms with Crippen molar-refractivity contribution in [3.05, 3.63) is 0 Å². The highest BCUT2D eigenvalue weighted by atomic mass is 32.2. The van der Waals surface area contributed by atoms with E-state index in [-0.39, 0.29) is 17.4 Å². The molecule has 1 unspecified atom stereocenters. The van der Waals surface area contributed by atoms with Gasteiger partial charge in [0.2, 0.25) is 0 Å². The molecule has 176 valence electrons. The summed E-state index contributed by atoms with van der Waals surface area (Å²) in [5.41, 5.74) is 0. The van der Waals surface area contributed by atoms with Crippen LogP contribution in [-0.2, 0) is 24.0 Å². The Kier molecular flexibility index (Phi) is 17.4. The van der Waals surface area contributed by atoms with E-state index in [0.29, 0.717) is 6.42 Å². The van der Waals surface area contributed by atoms with Crippen molar-refractivity contribution >= 4 is 9.84 Å². The molecule has 5 nitrogen and oxygen atoms in total. The van der Waals surface area contributed by atoms with Crippen molar-refractivity contribution < 1.29 is 22.6 Å². The van der Waals surface area contributed by atoms with Crippen molar-refractivity contribution in [1.82, 2.24) is 0 Å². The molecule has 0 saturated heterocycles. The number of hydrogen-bond donors (Lipinski definition) is 0. The second-order valence-electron chi connectivity index (χ2n) is 8.18. The van der Waals surface area contributed by atoms with E-state index >= 15 is 0 Å². The van der Waals surface area contributed by atoms with Crippen LogP contribution in [0, 0.1) is 5.92 Å². The van der Waals surface area contributed by atoms with Gasteiger partial charge in [0.15, 0.2) is 0 Å². The molecule has 0 saturated carbocycles. The predicted octanol–water partition coefficient (Wildman–Crippen LogP) is 6.11. The van der Waals surface area contributed by atoms with Crippen LogP contribution in [0.5, 0.6) is 0 Å². The third-order valence-corrected chi connectivity index (χ3v) is 7.61. The fourth-order valence-electron chi connectivity index (χ4n) is 3.95. The van der Waals surface area contributed by atoms with Crippen LogP contribution >= 0.6 is 0 Å². The van der Waals surface area contributed by atoms with E-state index in [9.17, 15) is 8.42 Å². The van der Waals surface area contributed by atoms with Gasteiger partial charge in [0.05, 0.1) is 11.5 Å². The van der Waals surface area contributed by atoms with Crippen LogP contribution in [-0.4, -0.2) is 47.2 Å². The summed E-state index contributed by atoms with van der Waals surface area (Å²) >= 11 is 0. The molecule has 0 rings (SSSR count). The van der Waals surface area contributed by atoms with Crippen LogP contribution in [0.15, 0.2) is 0 Å². The SMILES string of the molecule is CCCCCCCCC(CCS(=O)(=O)CCCCCCCC)C(OC)(OC)OC. The molecular weight excluding hydrogens is 388 g/mol. The average Bonchev–Trinajstić information content (AvgIpc) is 2.72. The molecular formula is C23H48O5S. The normalized spacial score (nSPS) is 13.7. The van der Waals surface area contributed by atoms with Gasteiger partial charge in [0.25, 0.3) is 5.97 Å². The zero-order valence-electron chi connectivity index (χ0n) is 19.8. The maximum Gasteiger partial charge on any atom is 0.285 e. The van der Waals surface area contributed by atoms with Crippen molar-refractivity contribution in [1.29, 1.82) is 0 Å². The van der Waals surface area contributed by atoms with Crippen LogP contribution in [0.2, 0.25) is 0 Å². The Labute approximate surface area is 181 Å². The first-order valence-electron chi connectivity index (χ1n) is 11.8. The molecule has 0 aliphatic rings. The molecule has 6 heteroatoms. The topological polar surface area (TPSA) is 61.8 Å². The highest BCUT2D eigenvalue weighted by Gasteiger charge is 2.40. The summed E-state index contributed by atoms with van der Waals surface area (Å²) in [5, 5.41) is 0. The van der Waals surface area contributed by atoms with E-state index in [0.717, 1.165) is 38.5 Å². The lowest BCUT2D eigenvalue weighted by Gasteiger charge is -2.36. The molecule has 0 spiro atoms. The highest BCUT2D eigenvalue weighted by molar-refractivity contribution is 7.91. The number of unbranched alkanes of at least 4 members (excludes halogenated alkanes) is 10. The first kappa shape index (κ1) is 28.8. The van der Waals surface area contributed by atoms with Gasteiger partial charge in [-0.3, -0.25) is 0 Å². The Balaban J connectivity index is 4.60. The smallest absolute Gasteiger partial charge is 0.285 e. The second-order valence-corrected chi connectivity index (χ2v) is 10.5. The van der Waals surface area contributed by atoms with Crippen LogP contribution in [0.3, 0.4) is 0 Å². The lowest BCUT2D eigenvalue weighted by molar-refractivity contribution is -0.379. The van der Waals surface area contributed by atoms with Gasteiger partial charge in [-0.05, 0) is 19.3 Å². The molecule has 29 heavy (non-hydrogen) atoms. The van der Waals surface area contributed by atoms with Crippen molar-refractivity contribution in [2.45, 2.75) is 110 Å². The number of ether oxygens (including phenoxy) is 3. The molecule has 0 aliphatic carbocycles. The maximum atomic E-state index is 12.5. The third kappa shape index (κ3) is 13.0. The average molecular weight is 437 g/mol. The number of methoxy groups -OCH3 is 3. The molecule has 0 aromatic rings. The highest BCUT2D eigenvalue weighted by Crippen LogP contribution is 2.32.